The molecule has 146 valence electrons. The van der Waals surface area contributed by atoms with Crippen LogP contribution in [0.3, 0.4) is 0 Å². The topological polar surface area (TPSA) is 53.4 Å². The van der Waals surface area contributed by atoms with Gasteiger partial charge in [0.05, 0.1) is 6.61 Å². The molecule has 1 N–H and O–H groups in total. The fourth-order valence-corrected chi connectivity index (χ4v) is 2.96. The third-order valence-corrected chi connectivity index (χ3v) is 4.35. The van der Waals surface area contributed by atoms with Gasteiger partial charge in [-0.3, -0.25) is 4.79 Å². The summed E-state index contributed by atoms with van der Waals surface area (Å²) in [6, 6.07) is 7.34. The molecule has 1 rings (SSSR count). The van der Waals surface area contributed by atoms with Gasteiger partial charge in [-0.1, -0.05) is 27.2 Å². The molecule has 0 heterocycles. The van der Waals surface area contributed by atoms with Crippen LogP contribution in [0.15, 0.2) is 24.3 Å². The second kappa shape index (κ2) is 13.5. The van der Waals surface area contributed by atoms with E-state index in [-0.39, 0.29) is 12.2 Å². The second-order valence-corrected chi connectivity index (χ2v) is 6.88. The molecule has 0 unspecified atom stereocenters. The van der Waals surface area contributed by atoms with E-state index in [1.165, 1.54) is 12.8 Å². The molecule has 4 nitrogen and oxygen atoms in total. The van der Waals surface area contributed by atoms with Crippen molar-refractivity contribution in [2.24, 2.45) is 0 Å². The Balaban J connectivity index is 2.35. The first kappa shape index (κ1) is 22.4. The minimum absolute atomic E-state index is 0.0208. The van der Waals surface area contributed by atoms with Crippen LogP contribution in [0.4, 0.5) is 0 Å². The highest BCUT2D eigenvalue weighted by molar-refractivity contribution is 6.08. The van der Waals surface area contributed by atoms with E-state index in [0.29, 0.717) is 17.9 Å². The molecular weight excluding hydrogens is 324 g/mol. The number of hydrogen-bond acceptors (Lipinski definition) is 4. The van der Waals surface area contributed by atoms with Gasteiger partial charge in [-0.25, -0.2) is 0 Å². The zero-order valence-corrected chi connectivity index (χ0v) is 16.9. The molecule has 0 aliphatic carbocycles. The Morgan fingerprint density at radius 1 is 0.962 bits per heavy atom. The van der Waals surface area contributed by atoms with E-state index in [0.717, 1.165) is 51.1 Å². The van der Waals surface area contributed by atoms with E-state index in [1.54, 1.807) is 0 Å². The van der Waals surface area contributed by atoms with Crippen LogP contribution in [0, 0.1) is 5.41 Å². The summed E-state index contributed by atoms with van der Waals surface area (Å²) >= 11 is 0. The molecule has 0 amide bonds. The van der Waals surface area contributed by atoms with Crippen LogP contribution < -0.4 is 4.74 Å². The maximum absolute atomic E-state index is 12.2. The van der Waals surface area contributed by atoms with Crippen molar-refractivity contribution in [2.75, 3.05) is 26.2 Å². The summed E-state index contributed by atoms with van der Waals surface area (Å²) in [7, 11) is 0. The molecule has 0 aromatic heterocycles. The molecule has 0 radical (unpaired) electrons. The Labute approximate surface area is 159 Å². The molecule has 0 fully saturated rings. The lowest BCUT2D eigenvalue weighted by Gasteiger charge is -2.20. The average Bonchev–Trinajstić information content (AvgIpc) is 2.64. The lowest BCUT2D eigenvalue weighted by Crippen LogP contribution is -2.27. The smallest absolute Gasteiger partial charge is 0.168 e. The zero-order chi connectivity index (χ0) is 19.2. The van der Waals surface area contributed by atoms with Gasteiger partial charge in [0.15, 0.2) is 5.78 Å². The second-order valence-electron chi connectivity index (χ2n) is 6.88. The van der Waals surface area contributed by atoms with E-state index in [1.807, 2.05) is 24.3 Å². The minimum Gasteiger partial charge on any atom is -0.494 e. The maximum atomic E-state index is 12.2. The van der Waals surface area contributed by atoms with Gasteiger partial charge in [-0.05, 0) is 69.5 Å². The van der Waals surface area contributed by atoms with Crippen molar-refractivity contribution in [3.8, 4) is 5.75 Å². The molecule has 4 heteroatoms. The van der Waals surface area contributed by atoms with E-state index >= 15 is 0 Å². The summed E-state index contributed by atoms with van der Waals surface area (Å²) in [6.45, 7) is 10.6. The van der Waals surface area contributed by atoms with Crippen molar-refractivity contribution in [2.45, 2.75) is 65.7 Å². The molecule has 0 spiro atoms. The minimum atomic E-state index is 0.0208. The van der Waals surface area contributed by atoms with Crippen molar-refractivity contribution >= 4 is 11.5 Å². The van der Waals surface area contributed by atoms with Crippen LogP contribution in [0.1, 0.15) is 76.1 Å². The van der Waals surface area contributed by atoms with Crippen LogP contribution in [-0.4, -0.2) is 42.6 Å². The van der Waals surface area contributed by atoms with Gasteiger partial charge in [0, 0.05) is 24.2 Å². The quantitative estimate of drug-likeness (QED) is 0.260. The monoisotopic (exact) mass is 360 g/mol. The largest absolute Gasteiger partial charge is 0.494 e. The van der Waals surface area contributed by atoms with E-state index < -0.39 is 0 Å². The fraction of sp³-hybridized carbons (Fsp3) is 0.636. The van der Waals surface area contributed by atoms with Gasteiger partial charge in [0.1, 0.15) is 5.75 Å². The molecule has 0 atom stereocenters. The number of ether oxygens (including phenoxy) is 1. The summed E-state index contributed by atoms with van der Waals surface area (Å²) < 4.78 is 5.80. The molecular formula is C22H36N2O2. The first-order valence-electron chi connectivity index (χ1n) is 10.1. The Morgan fingerprint density at radius 3 is 2.19 bits per heavy atom. The van der Waals surface area contributed by atoms with Crippen LogP contribution in [-0.2, 0) is 0 Å². The predicted octanol–water partition coefficient (Wildman–Crippen LogP) is 5.36. The molecule has 0 aliphatic rings. The number of ketones is 1. The van der Waals surface area contributed by atoms with Crippen LogP contribution >= 0.6 is 0 Å². The number of Topliss-reactive ketones (excluding diaryl/α,β-unsaturated/α-hetero) is 1. The number of carbonyl (C=O) groups excluding carboxylic acids is 1. The fourth-order valence-electron chi connectivity index (χ4n) is 2.96. The summed E-state index contributed by atoms with van der Waals surface area (Å²) in [5, 5.41) is 7.87. The van der Waals surface area contributed by atoms with Crippen LogP contribution in [0.2, 0.25) is 0 Å². The molecule has 0 saturated carbocycles. The lowest BCUT2D eigenvalue weighted by atomic mass is 10.0. The molecule has 0 bridgehead atoms. The molecule has 1 aromatic rings. The van der Waals surface area contributed by atoms with E-state index in [4.69, 9.17) is 10.1 Å². The first-order valence-corrected chi connectivity index (χ1v) is 10.1. The van der Waals surface area contributed by atoms with Crippen LogP contribution in [0.25, 0.3) is 0 Å². The highest BCUT2D eigenvalue weighted by Crippen LogP contribution is 2.15. The third kappa shape index (κ3) is 9.14. The number of rotatable bonds is 15. The number of benzene rings is 1. The highest BCUT2D eigenvalue weighted by atomic mass is 16.5. The van der Waals surface area contributed by atoms with Crippen molar-refractivity contribution in [3.63, 3.8) is 0 Å². The number of unbranched alkanes of at least 4 members (excludes halogenated alkanes) is 1. The Kier molecular flexibility index (Phi) is 11.6. The van der Waals surface area contributed by atoms with E-state index in [9.17, 15) is 4.79 Å². The van der Waals surface area contributed by atoms with Crippen molar-refractivity contribution in [1.82, 2.24) is 4.90 Å². The van der Waals surface area contributed by atoms with Gasteiger partial charge < -0.3 is 15.0 Å². The van der Waals surface area contributed by atoms with Gasteiger partial charge >= 0.3 is 0 Å². The van der Waals surface area contributed by atoms with Gasteiger partial charge in [0.25, 0.3) is 0 Å². The predicted molar refractivity (Wildman–Crippen MR) is 110 cm³/mol. The number of nitrogens with one attached hydrogen (secondary N) is 1. The van der Waals surface area contributed by atoms with Gasteiger partial charge in [-0.2, -0.15) is 0 Å². The van der Waals surface area contributed by atoms with Gasteiger partial charge in [0.2, 0.25) is 0 Å². The zero-order valence-electron chi connectivity index (χ0n) is 16.9. The molecule has 26 heavy (non-hydrogen) atoms. The molecule has 1 aromatic carbocycles. The SMILES string of the molecule is CCCCC(=N)CC(=O)c1ccc(OCCCN(CCC)CCC)cc1. The summed E-state index contributed by atoms with van der Waals surface area (Å²) in [5.41, 5.74) is 1.19. The number of nitrogens with zero attached hydrogens (tertiary/aromatic N) is 1. The number of hydrogen-bond donors (Lipinski definition) is 1. The van der Waals surface area contributed by atoms with Gasteiger partial charge in [-0.15, -0.1) is 0 Å². The Morgan fingerprint density at radius 2 is 1.62 bits per heavy atom. The summed E-state index contributed by atoms with van der Waals surface area (Å²) in [4.78, 5) is 14.7. The Bertz CT molecular complexity index is 519. The summed E-state index contributed by atoms with van der Waals surface area (Å²) in [5.74, 6) is 0.826. The molecule has 0 aliphatic heterocycles. The van der Waals surface area contributed by atoms with Crippen molar-refractivity contribution in [3.05, 3.63) is 29.8 Å². The standard InChI is InChI=1S/C22H36N2O2/c1-4-7-9-20(23)18-22(25)19-10-12-21(13-11-19)26-17-8-16-24(14-5-2)15-6-3/h10-13,23H,4-9,14-18H2,1-3H3. The highest BCUT2D eigenvalue weighted by Gasteiger charge is 2.09. The van der Waals surface area contributed by atoms with Crippen LogP contribution in [0.5, 0.6) is 5.75 Å². The normalized spacial score (nSPS) is 10.9. The molecule has 0 saturated heterocycles. The lowest BCUT2D eigenvalue weighted by molar-refractivity contribution is 0.1000. The number of carbonyl (C=O) groups is 1. The summed E-state index contributed by atoms with van der Waals surface area (Å²) in [6.07, 6.45) is 6.36. The van der Waals surface area contributed by atoms with E-state index in [2.05, 4.69) is 25.7 Å². The average molecular weight is 361 g/mol. The third-order valence-electron chi connectivity index (χ3n) is 4.35. The first-order chi connectivity index (χ1) is 12.6. The maximum Gasteiger partial charge on any atom is 0.168 e. The van der Waals surface area contributed by atoms with Crippen molar-refractivity contribution in [1.29, 1.82) is 5.41 Å². The van der Waals surface area contributed by atoms with Crippen molar-refractivity contribution < 1.29 is 9.53 Å². The Hall–Kier alpha value is -1.68.